The number of carbonyl (C=O) groups is 2. The van der Waals surface area contributed by atoms with Crippen molar-refractivity contribution in [3.8, 4) is 5.75 Å². The van der Waals surface area contributed by atoms with Crippen LogP contribution in [0.5, 0.6) is 5.75 Å². The summed E-state index contributed by atoms with van der Waals surface area (Å²) in [6.07, 6.45) is 3.40. The zero-order valence-electron chi connectivity index (χ0n) is 16.0. The fourth-order valence-corrected chi connectivity index (χ4v) is 4.54. The maximum absolute atomic E-state index is 13.0. The van der Waals surface area contributed by atoms with Crippen molar-refractivity contribution in [2.75, 3.05) is 26.2 Å². The van der Waals surface area contributed by atoms with Gasteiger partial charge in [0.15, 0.2) is 6.10 Å². The van der Waals surface area contributed by atoms with E-state index in [1.165, 1.54) is 0 Å². The molecule has 0 bridgehead atoms. The van der Waals surface area contributed by atoms with Crippen LogP contribution in [0.3, 0.4) is 0 Å². The van der Waals surface area contributed by atoms with E-state index in [2.05, 4.69) is 10.3 Å². The van der Waals surface area contributed by atoms with E-state index in [0.29, 0.717) is 38.2 Å². The van der Waals surface area contributed by atoms with E-state index >= 15 is 0 Å². The molecule has 0 spiro atoms. The second kappa shape index (κ2) is 7.48. The summed E-state index contributed by atoms with van der Waals surface area (Å²) < 4.78 is 11.8. The van der Waals surface area contributed by atoms with E-state index in [1.807, 2.05) is 29.2 Å². The van der Waals surface area contributed by atoms with Crippen LogP contribution in [0.15, 0.2) is 48.8 Å². The minimum Gasteiger partial charge on any atom is -0.480 e. The molecule has 1 aromatic heterocycles. The van der Waals surface area contributed by atoms with Gasteiger partial charge in [0.05, 0.1) is 18.3 Å². The first-order valence-corrected chi connectivity index (χ1v) is 10.0. The monoisotopic (exact) mass is 393 g/mol. The molecule has 2 saturated heterocycles. The molecule has 1 aromatic carbocycles. The highest BCUT2D eigenvalue weighted by Crippen LogP contribution is 2.35. The number of para-hydroxylation sites is 1. The molecule has 7 heteroatoms. The third-order valence-corrected chi connectivity index (χ3v) is 6.12. The lowest BCUT2D eigenvalue weighted by Gasteiger charge is -2.22. The lowest BCUT2D eigenvalue weighted by molar-refractivity contribution is -0.137. The summed E-state index contributed by atoms with van der Waals surface area (Å²) in [5.74, 6) is 1.12. The van der Waals surface area contributed by atoms with Crippen molar-refractivity contribution < 1.29 is 19.1 Å². The zero-order chi connectivity index (χ0) is 19.8. The number of amides is 2. The molecular weight excluding hydrogens is 370 g/mol. The number of hydrogen-bond acceptors (Lipinski definition) is 5. The van der Waals surface area contributed by atoms with E-state index in [-0.39, 0.29) is 29.8 Å². The Kier molecular flexibility index (Phi) is 4.67. The lowest BCUT2D eigenvalue weighted by atomic mass is 9.93. The summed E-state index contributed by atoms with van der Waals surface area (Å²) in [7, 11) is 0. The molecule has 2 fully saturated rings. The second-order valence-corrected chi connectivity index (χ2v) is 7.91. The van der Waals surface area contributed by atoms with Crippen LogP contribution in [-0.4, -0.2) is 60.1 Å². The molecule has 0 radical (unpaired) electrons. The number of carbonyl (C=O) groups excluding carboxylic acids is 2. The Morgan fingerprint density at radius 3 is 2.90 bits per heavy atom. The molecular formula is C22H23N3O4. The summed E-state index contributed by atoms with van der Waals surface area (Å²) in [6, 6.07) is 11.3. The van der Waals surface area contributed by atoms with Gasteiger partial charge in [-0.3, -0.25) is 14.6 Å². The molecule has 150 valence electrons. The zero-order valence-corrected chi connectivity index (χ0v) is 16.0. The molecule has 4 atom stereocenters. The summed E-state index contributed by atoms with van der Waals surface area (Å²) in [4.78, 5) is 31.1. The van der Waals surface area contributed by atoms with Crippen LogP contribution in [0.1, 0.15) is 15.9 Å². The normalized spacial score (nSPS) is 27.2. The van der Waals surface area contributed by atoms with Crippen molar-refractivity contribution in [2.24, 2.45) is 11.8 Å². The van der Waals surface area contributed by atoms with Crippen LogP contribution in [0, 0.1) is 11.8 Å². The summed E-state index contributed by atoms with van der Waals surface area (Å²) in [5.41, 5.74) is 1.63. The van der Waals surface area contributed by atoms with E-state index in [1.54, 1.807) is 24.5 Å². The predicted octanol–water partition coefficient (Wildman–Crippen LogP) is 1.29. The molecule has 5 rings (SSSR count). The van der Waals surface area contributed by atoms with Crippen molar-refractivity contribution in [1.82, 2.24) is 15.2 Å². The van der Waals surface area contributed by atoms with Crippen LogP contribution in [0.4, 0.5) is 0 Å². The average Bonchev–Trinajstić information content (AvgIpc) is 3.46. The number of benzene rings is 1. The van der Waals surface area contributed by atoms with E-state index in [9.17, 15) is 9.59 Å². The number of hydrogen-bond donors (Lipinski definition) is 1. The standard InChI is InChI=1S/C22H23N3O4/c26-21(15-5-3-7-23-9-15)24-10-16-13-28-20-12-25(11-17(16)20)22(27)19-8-14-4-1-2-6-18(14)29-19/h1-7,9,16-17,19-20H,8,10-13H2,(H,24,26)/t16-,17-,19?,20-/m1/s1. The Morgan fingerprint density at radius 1 is 1.17 bits per heavy atom. The number of likely N-dealkylation sites (tertiary alicyclic amines) is 1. The maximum Gasteiger partial charge on any atom is 0.264 e. The number of nitrogens with one attached hydrogen (secondary N) is 1. The van der Waals surface area contributed by atoms with E-state index in [4.69, 9.17) is 9.47 Å². The molecule has 29 heavy (non-hydrogen) atoms. The van der Waals surface area contributed by atoms with E-state index < -0.39 is 6.10 Å². The van der Waals surface area contributed by atoms with Gasteiger partial charge in [0.1, 0.15) is 5.75 Å². The Bertz CT molecular complexity index is 894. The van der Waals surface area contributed by atoms with Gasteiger partial charge in [0.25, 0.3) is 11.8 Å². The topological polar surface area (TPSA) is 80.8 Å². The van der Waals surface area contributed by atoms with E-state index in [0.717, 1.165) is 11.3 Å². The molecule has 3 aliphatic rings. The highest BCUT2D eigenvalue weighted by molar-refractivity contribution is 5.93. The van der Waals surface area contributed by atoms with Crippen LogP contribution in [0.25, 0.3) is 0 Å². The first-order chi connectivity index (χ1) is 14.2. The van der Waals surface area contributed by atoms with Crippen molar-refractivity contribution in [3.05, 3.63) is 59.9 Å². The number of nitrogens with zero attached hydrogens (tertiary/aromatic N) is 2. The van der Waals surface area contributed by atoms with Gasteiger partial charge in [-0.1, -0.05) is 18.2 Å². The third kappa shape index (κ3) is 3.46. The predicted molar refractivity (Wildman–Crippen MR) is 104 cm³/mol. The van der Waals surface area contributed by atoms with Crippen LogP contribution in [-0.2, 0) is 16.0 Å². The molecule has 2 aromatic rings. The maximum atomic E-state index is 13.0. The second-order valence-electron chi connectivity index (χ2n) is 7.91. The average molecular weight is 393 g/mol. The summed E-state index contributed by atoms with van der Waals surface area (Å²) >= 11 is 0. The number of fused-ring (bicyclic) bond motifs is 2. The van der Waals surface area contributed by atoms with Gasteiger partial charge in [-0.25, -0.2) is 0 Å². The molecule has 0 saturated carbocycles. The molecule has 1 unspecified atom stereocenters. The van der Waals surface area contributed by atoms with Gasteiger partial charge < -0.3 is 19.7 Å². The van der Waals surface area contributed by atoms with Gasteiger partial charge in [0, 0.05) is 50.3 Å². The van der Waals surface area contributed by atoms with Crippen molar-refractivity contribution in [2.45, 2.75) is 18.6 Å². The Hall–Kier alpha value is -2.93. The van der Waals surface area contributed by atoms with Gasteiger partial charge in [-0.15, -0.1) is 0 Å². The van der Waals surface area contributed by atoms with Gasteiger partial charge >= 0.3 is 0 Å². The number of rotatable bonds is 4. The molecule has 2 amide bonds. The van der Waals surface area contributed by atoms with Crippen molar-refractivity contribution in [3.63, 3.8) is 0 Å². The van der Waals surface area contributed by atoms with Gasteiger partial charge in [-0.05, 0) is 23.8 Å². The van der Waals surface area contributed by atoms with Crippen molar-refractivity contribution in [1.29, 1.82) is 0 Å². The minimum atomic E-state index is -0.449. The summed E-state index contributed by atoms with van der Waals surface area (Å²) in [5, 5.41) is 2.98. The fourth-order valence-electron chi connectivity index (χ4n) is 4.54. The summed E-state index contributed by atoms with van der Waals surface area (Å²) in [6.45, 7) is 2.37. The van der Waals surface area contributed by atoms with Crippen LogP contribution >= 0.6 is 0 Å². The minimum absolute atomic E-state index is 0.0253. The Morgan fingerprint density at radius 2 is 2.07 bits per heavy atom. The third-order valence-electron chi connectivity index (χ3n) is 6.12. The number of aromatic nitrogens is 1. The Balaban J connectivity index is 1.17. The first-order valence-electron chi connectivity index (χ1n) is 10.0. The molecule has 4 heterocycles. The van der Waals surface area contributed by atoms with Gasteiger partial charge in [-0.2, -0.15) is 0 Å². The molecule has 0 aliphatic carbocycles. The van der Waals surface area contributed by atoms with Crippen molar-refractivity contribution >= 4 is 11.8 Å². The highest BCUT2D eigenvalue weighted by atomic mass is 16.5. The number of ether oxygens (including phenoxy) is 2. The highest BCUT2D eigenvalue weighted by Gasteiger charge is 2.47. The van der Waals surface area contributed by atoms with Crippen LogP contribution in [0.2, 0.25) is 0 Å². The quantitative estimate of drug-likeness (QED) is 0.847. The lowest BCUT2D eigenvalue weighted by Crippen LogP contribution is -2.41. The van der Waals surface area contributed by atoms with Gasteiger partial charge in [0.2, 0.25) is 0 Å². The first kappa shape index (κ1) is 18.1. The SMILES string of the molecule is O=C(NC[C@@H]1CO[C@@H]2CN(C(=O)C3Cc4ccccc4O3)C[C@H]12)c1cccnc1. The molecule has 1 N–H and O–H groups in total. The Labute approximate surface area is 169 Å². The largest absolute Gasteiger partial charge is 0.480 e. The molecule has 7 nitrogen and oxygen atoms in total. The smallest absolute Gasteiger partial charge is 0.264 e. The number of pyridine rings is 1. The fraction of sp³-hybridized carbons (Fsp3) is 0.409. The molecule has 3 aliphatic heterocycles. The van der Waals surface area contributed by atoms with Crippen LogP contribution < -0.4 is 10.1 Å².